The van der Waals surface area contributed by atoms with Crippen LogP contribution >= 0.6 is 0 Å². The molecular weight excluding hydrogens is 330 g/mol. The van der Waals surface area contributed by atoms with E-state index in [1.807, 2.05) is 43.0 Å². The quantitative estimate of drug-likeness (QED) is 0.888. The Morgan fingerprint density at radius 2 is 1.81 bits per heavy atom. The average molecular weight is 355 g/mol. The van der Waals surface area contributed by atoms with Gasteiger partial charge in [0.2, 0.25) is 0 Å². The zero-order valence-electron chi connectivity index (χ0n) is 15.5. The van der Waals surface area contributed by atoms with E-state index in [1.165, 1.54) is 6.33 Å². The number of amides is 1. The summed E-state index contributed by atoms with van der Waals surface area (Å²) in [5, 5.41) is 3.20. The van der Waals surface area contributed by atoms with E-state index < -0.39 is 0 Å². The van der Waals surface area contributed by atoms with Crippen LogP contribution in [-0.4, -0.2) is 65.0 Å². The fourth-order valence-corrected chi connectivity index (χ4v) is 2.75. The predicted molar refractivity (Wildman–Crippen MR) is 101 cm³/mol. The van der Waals surface area contributed by atoms with Crippen LogP contribution < -0.4 is 10.1 Å². The fraction of sp³-hybridized carbons (Fsp3) is 0.421. The number of piperazine rings is 1. The maximum Gasteiger partial charge on any atom is 0.272 e. The van der Waals surface area contributed by atoms with Crippen molar-refractivity contribution in [3.05, 3.63) is 42.4 Å². The molecule has 0 bridgehead atoms. The first-order valence-electron chi connectivity index (χ1n) is 8.85. The highest BCUT2D eigenvalue weighted by Gasteiger charge is 2.21. The molecule has 26 heavy (non-hydrogen) atoms. The standard InChI is InChI=1S/C19H25N5O2/c1-14(2)26-16-6-4-15(5-7-16)22-18-12-17(20-13-21-18)19(25)24-10-8-23(3)9-11-24/h4-7,12-14H,8-11H2,1-3H3,(H,20,21,22). The van der Waals surface area contributed by atoms with Crippen molar-refractivity contribution in [3.63, 3.8) is 0 Å². The summed E-state index contributed by atoms with van der Waals surface area (Å²) in [7, 11) is 2.06. The van der Waals surface area contributed by atoms with E-state index in [1.54, 1.807) is 6.07 Å². The number of carbonyl (C=O) groups excluding carboxylic acids is 1. The van der Waals surface area contributed by atoms with Crippen LogP contribution in [-0.2, 0) is 0 Å². The van der Waals surface area contributed by atoms with Crippen molar-refractivity contribution in [2.24, 2.45) is 0 Å². The second-order valence-corrected chi connectivity index (χ2v) is 6.70. The third kappa shape index (κ3) is 4.70. The van der Waals surface area contributed by atoms with Crippen molar-refractivity contribution in [1.29, 1.82) is 0 Å². The Bertz CT molecular complexity index is 740. The smallest absolute Gasteiger partial charge is 0.272 e. The number of likely N-dealkylation sites (N-methyl/N-ethyl adjacent to an activating group) is 1. The zero-order chi connectivity index (χ0) is 18.5. The van der Waals surface area contributed by atoms with Gasteiger partial charge in [-0.1, -0.05) is 0 Å². The van der Waals surface area contributed by atoms with Crippen molar-refractivity contribution in [2.45, 2.75) is 20.0 Å². The molecule has 1 saturated heterocycles. The second kappa shape index (κ2) is 8.14. The lowest BCUT2D eigenvalue weighted by Gasteiger charge is -2.32. The van der Waals surface area contributed by atoms with Gasteiger partial charge in [-0.05, 0) is 45.2 Å². The van der Waals surface area contributed by atoms with Gasteiger partial charge >= 0.3 is 0 Å². The van der Waals surface area contributed by atoms with Gasteiger partial charge in [0.15, 0.2) is 0 Å². The first kappa shape index (κ1) is 18.1. The zero-order valence-corrected chi connectivity index (χ0v) is 15.5. The fourth-order valence-electron chi connectivity index (χ4n) is 2.75. The third-order valence-corrected chi connectivity index (χ3v) is 4.18. The SMILES string of the molecule is CC(C)Oc1ccc(Nc2cc(C(=O)N3CCN(C)CC3)ncn2)cc1. The van der Waals surface area contributed by atoms with E-state index in [-0.39, 0.29) is 12.0 Å². The van der Waals surface area contributed by atoms with E-state index in [4.69, 9.17) is 4.74 Å². The molecule has 0 aliphatic carbocycles. The molecule has 2 aromatic rings. The lowest BCUT2D eigenvalue weighted by molar-refractivity contribution is 0.0658. The second-order valence-electron chi connectivity index (χ2n) is 6.70. The molecular formula is C19H25N5O2. The van der Waals surface area contributed by atoms with E-state index in [9.17, 15) is 4.79 Å². The normalized spacial score (nSPS) is 15.2. The van der Waals surface area contributed by atoms with Crippen LogP contribution in [0.1, 0.15) is 24.3 Å². The van der Waals surface area contributed by atoms with Gasteiger partial charge in [-0.2, -0.15) is 0 Å². The van der Waals surface area contributed by atoms with Crippen LogP contribution in [0.3, 0.4) is 0 Å². The topological polar surface area (TPSA) is 70.6 Å². The van der Waals surface area contributed by atoms with Gasteiger partial charge in [0, 0.05) is 37.9 Å². The molecule has 0 unspecified atom stereocenters. The van der Waals surface area contributed by atoms with Crippen LogP contribution in [0.15, 0.2) is 36.7 Å². The van der Waals surface area contributed by atoms with Crippen LogP contribution in [0.5, 0.6) is 5.75 Å². The van der Waals surface area contributed by atoms with Crippen molar-refractivity contribution in [1.82, 2.24) is 19.8 Å². The molecule has 0 spiro atoms. The Balaban J connectivity index is 1.66. The Morgan fingerprint density at radius 1 is 1.12 bits per heavy atom. The highest BCUT2D eigenvalue weighted by molar-refractivity contribution is 5.93. The van der Waals surface area contributed by atoms with Crippen molar-refractivity contribution < 1.29 is 9.53 Å². The molecule has 1 aromatic carbocycles. The van der Waals surface area contributed by atoms with Gasteiger partial charge in [0.1, 0.15) is 23.6 Å². The molecule has 0 radical (unpaired) electrons. The third-order valence-electron chi connectivity index (χ3n) is 4.18. The monoisotopic (exact) mass is 355 g/mol. The summed E-state index contributed by atoms with van der Waals surface area (Å²) < 4.78 is 5.64. The summed E-state index contributed by atoms with van der Waals surface area (Å²) in [6.07, 6.45) is 1.56. The number of hydrogen-bond acceptors (Lipinski definition) is 6. The first-order valence-corrected chi connectivity index (χ1v) is 8.85. The van der Waals surface area contributed by atoms with E-state index >= 15 is 0 Å². The number of benzene rings is 1. The number of rotatable bonds is 5. The molecule has 1 aliphatic heterocycles. The summed E-state index contributed by atoms with van der Waals surface area (Å²) in [6, 6.07) is 9.34. The Kier molecular flexibility index (Phi) is 5.68. The first-order chi connectivity index (χ1) is 12.5. The van der Waals surface area contributed by atoms with Crippen molar-refractivity contribution >= 4 is 17.4 Å². The highest BCUT2D eigenvalue weighted by Crippen LogP contribution is 2.20. The molecule has 2 heterocycles. The lowest BCUT2D eigenvalue weighted by Crippen LogP contribution is -2.47. The minimum atomic E-state index is -0.0516. The van der Waals surface area contributed by atoms with Crippen molar-refractivity contribution in [3.8, 4) is 5.75 Å². The highest BCUT2D eigenvalue weighted by atomic mass is 16.5. The Hall–Kier alpha value is -2.67. The Morgan fingerprint density at radius 3 is 2.46 bits per heavy atom. The lowest BCUT2D eigenvalue weighted by atomic mass is 10.2. The van der Waals surface area contributed by atoms with E-state index in [0.717, 1.165) is 37.6 Å². The summed E-state index contributed by atoms with van der Waals surface area (Å²) >= 11 is 0. The molecule has 1 aliphatic rings. The van der Waals surface area contributed by atoms with Crippen LogP contribution in [0, 0.1) is 0 Å². The number of hydrogen-bond donors (Lipinski definition) is 1. The number of nitrogens with zero attached hydrogens (tertiary/aromatic N) is 4. The summed E-state index contributed by atoms with van der Waals surface area (Å²) in [6.45, 7) is 7.19. The molecule has 1 fully saturated rings. The number of anilines is 2. The maximum atomic E-state index is 12.6. The predicted octanol–water partition coefficient (Wildman–Crippen LogP) is 2.40. The number of aromatic nitrogens is 2. The minimum absolute atomic E-state index is 0.0516. The molecule has 1 aromatic heterocycles. The number of ether oxygens (including phenoxy) is 1. The largest absolute Gasteiger partial charge is 0.491 e. The molecule has 7 heteroatoms. The van der Waals surface area contributed by atoms with Gasteiger partial charge in [0.25, 0.3) is 5.91 Å². The number of nitrogens with one attached hydrogen (secondary N) is 1. The molecule has 1 amide bonds. The summed E-state index contributed by atoms with van der Waals surface area (Å²) in [4.78, 5) is 25.0. The summed E-state index contributed by atoms with van der Waals surface area (Å²) in [5.74, 6) is 1.36. The molecule has 0 saturated carbocycles. The molecule has 138 valence electrons. The number of carbonyl (C=O) groups is 1. The van der Waals surface area contributed by atoms with Gasteiger partial charge in [0.05, 0.1) is 6.10 Å². The van der Waals surface area contributed by atoms with Crippen molar-refractivity contribution in [2.75, 3.05) is 38.5 Å². The molecule has 3 rings (SSSR count). The van der Waals surface area contributed by atoms with E-state index in [0.29, 0.717) is 11.5 Å². The molecule has 1 N–H and O–H groups in total. The summed E-state index contributed by atoms with van der Waals surface area (Å²) in [5.41, 5.74) is 1.28. The van der Waals surface area contributed by atoms with Gasteiger partial charge in [-0.15, -0.1) is 0 Å². The van der Waals surface area contributed by atoms with Gasteiger partial charge < -0.3 is 19.9 Å². The Labute approximate surface area is 154 Å². The maximum absolute atomic E-state index is 12.6. The van der Waals surface area contributed by atoms with Gasteiger partial charge in [-0.25, -0.2) is 9.97 Å². The average Bonchev–Trinajstić information content (AvgIpc) is 2.63. The van der Waals surface area contributed by atoms with Crippen LogP contribution in [0.2, 0.25) is 0 Å². The van der Waals surface area contributed by atoms with Crippen LogP contribution in [0.4, 0.5) is 11.5 Å². The molecule has 7 nitrogen and oxygen atoms in total. The minimum Gasteiger partial charge on any atom is -0.491 e. The van der Waals surface area contributed by atoms with Crippen LogP contribution in [0.25, 0.3) is 0 Å². The van der Waals surface area contributed by atoms with Gasteiger partial charge in [-0.3, -0.25) is 4.79 Å². The molecule has 0 atom stereocenters. The van der Waals surface area contributed by atoms with E-state index in [2.05, 4.69) is 27.2 Å².